The first-order valence-electron chi connectivity index (χ1n) is 33.6. The van der Waals surface area contributed by atoms with Crippen molar-refractivity contribution in [2.45, 2.75) is 327 Å². The number of carboxylic acid groups (broad SMARTS) is 1. The second-order valence-corrected chi connectivity index (χ2v) is 22.7. The van der Waals surface area contributed by atoms with Gasteiger partial charge < -0.3 is 39.0 Å². The zero-order chi connectivity index (χ0) is 60.3. The minimum absolute atomic E-state index is 0.0455. The molecule has 476 valence electrons. The molecule has 1 aliphatic rings. The van der Waals surface area contributed by atoms with Crippen LogP contribution in [0.15, 0.2) is 85.1 Å². The minimum Gasteiger partial charge on any atom is -0.479 e. The van der Waals surface area contributed by atoms with Crippen molar-refractivity contribution in [2.75, 3.05) is 13.2 Å². The topological polar surface area (TPSA) is 175 Å². The first kappa shape index (κ1) is 76.9. The molecule has 1 fully saturated rings. The Balaban J connectivity index is 2.68. The Kier molecular flexibility index (Phi) is 54.0. The molecule has 0 saturated carbocycles. The number of rotatable bonds is 57. The van der Waals surface area contributed by atoms with Crippen molar-refractivity contribution in [2.24, 2.45) is 0 Å². The molecule has 6 atom stereocenters. The second kappa shape index (κ2) is 58.3. The van der Waals surface area contributed by atoms with E-state index in [4.69, 9.17) is 23.7 Å². The average Bonchev–Trinajstić information content (AvgIpc) is 3.58. The van der Waals surface area contributed by atoms with Gasteiger partial charge in [0.05, 0.1) is 6.61 Å². The summed E-state index contributed by atoms with van der Waals surface area (Å²) < 4.78 is 28.5. The molecule has 3 N–H and O–H groups in total. The first-order chi connectivity index (χ1) is 40.6. The van der Waals surface area contributed by atoms with E-state index in [0.29, 0.717) is 19.3 Å². The smallest absolute Gasteiger partial charge is 0.335 e. The van der Waals surface area contributed by atoms with E-state index in [0.717, 1.165) is 141 Å². The molecule has 0 spiro atoms. The molecule has 6 unspecified atom stereocenters. The first-order valence-corrected chi connectivity index (χ1v) is 33.6. The number of esters is 3. The van der Waals surface area contributed by atoms with Gasteiger partial charge in [-0.2, -0.15) is 0 Å². The fourth-order valence-electron chi connectivity index (χ4n) is 9.73. The maximum atomic E-state index is 13.2. The highest BCUT2D eigenvalue weighted by molar-refractivity contribution is 5.74. The van der Waals surface area contributed by atoms with Crippen LogP contribution < -0.4 is 0 Å². The number of carboxylic acids is 1. The molecular formula is C71H120O12. The van der Waals surface area contributed by atoms with Gasteiger partial charge in [0.2, 0.25) is 0 Å². The SMILES string of the molecule is CCCCC/C=C\C/C=C\C/C=C\CCCCCCCCC(=O)OCC(COC1OC(C(=O)O)C(O)C(O)C1OC(=O)CCCCCCC/C=C\CCCCCCCC)OC(=O)CCCCCCCC/C=C\C/C=C\C/C=C\CCCCC. The van der Waals surface area contributed by atoms with Gasteiger partial charge in [0, 0.05) is 19.3 Å². The number of aliphatic carboxylic acids is 1. The predicted molar refractivity (Wildman–Crippen MR) is 340 cm³/mol. The van der Waals surface area contributed by atoms with Crippen molar-refractivity contribution < 1.29 is 58.2 Å². The van der Waals surface area contributed by atoms with Crippen LogP contribution in [0.2, 0.25) is 0 Å². The summed E-state index contributed by atoms with van der Waals surface area (Å²) in [4.78, 5) is 51.4. The maximum Gasteiger partial charge on any atom is 0.335 e. The molecule has 0 bridgehead atoms. The van der Waals surface area contributed by atoms with E-state index < -0.39 is 67.3 Å². The van der Waals surface area contributed by atoms with Gasteiger partial charge in [0.25, 0.3) is 0 Å². The van der Waals surface area contributed by atoms with Crippen LogP contribution in [0, 0.1) is 0 Å². The van der Waals surface area contributed by atoms with Crippen LogP contribution in [0.5, 0.6) is 0 Å². The zero-order valence-electron chi connectivity index (χ0n) is 52.7. The van der Waals surface area contributed by atoms with Gasteiger partial charge in [-0.05, 0) is 122 Å². The molecule has 12 heteroatoms. The van der Waals surface area contributed by atoms with Crippen LogP contribution >= 0.6 is 0 Å². The molecule has 0 aliphatic carbocycles. The number of carbonyl (C=O) groups is 4. The summed E-state index contributed by atoms with van der Waals surface area (Å²) >= 11 is 0. The summed E-state index contributed by atoms with van der Waals surface area (Å²) in [5.74, 6) is -3.15. The molecule has 83 heavy (non-hydrogen) atoms. The fourth-order valence-corrected chi connectivity index (χ4v) is 9.73. The van der Waals surface area contributed by atoms with Crippen LogP contribution in [-0.2, 0) is 42.9 Å². The highest BCUT2D eigenvalue weighted by atomic mass is 16.7. The minimum atomic E-state index is -1.91. The van der Waals surface area contributed by atoms with Crippen molar-refractivity contribution in [1.82, 2.24) is 0 Å². The molecule has 1 rings (SSSR count). The third kappa shape index (κ3) is 47.8. The van der Waals surface area contributed by atoms with Gasteiger partial charge >= 0.3 is 23.9 Å². The number of hydrogen-bond donors (Lipinski definition) is 3. The Morgan fingerprint density at radius 1 is 0.398 bits per heavy atom. The Bertz CT molecular complexity index is 1760. The highest BCUT2D eigenvalue weighted by Gasteiger charge is 2.50. The van der Waals surface area contributed by atoms with Crippen LogP contribution in [-0.4, -0.2) is 89.2 Å². The van der Waals surface area contributed by atoms with E-state index in [2.05, 4.69) is 106 Å². The Labute approximate surface area is 505 Å². The van der Waals surface area contributed by atoms with Crippen LogP contribution in [0.3, 0.4) is 0 Å². The zero-order valence-corrected chi connectivity index (χ0v) is 52.7. The van der Waals surface area contributed by atoms with Crippen LogP contribution in [0.25, 0.3) is 0 Å². The summed E-state index contributed by atoms with van der Waals surface area (Å²) in [5.41, 5.74) is 0. The Hall–Kier alpha value is -4.10. The fraction of sp³-hybridized carbons (Fsp3) is 0.746. The molecule has 0 aromatic heterocycles. The van der Waals surface area contributed by atoms with E-state index in [1.165, 1.54) is 89.9 Å². The summed E-state index contributed by atoms with van der Waals surface area (Å²) in [5, 5.41) is 31.6. The lowest BCUT2D eigenvalue weighted by Gasteiger charge is -2.40. The summed E-state index contributed by atoms with van der Waals surface area (Å²) in [6.07, 6.45) is 63.8. The molecule has 1 saturated heterocycles. The van der Waals surface area contributed by atoms with E-state index in [-0.39, 0.29) is 25.9 Å². The number of ether oxygens (including phenoxy) is 5. The lowest BCUT2D eigenvalue weighted by atomic mass is 9.98. The number of unbranched alkanes of at least 4 members (excludes halogenated alkanes) is 29. The number of carbonyl (C=O) groups excluding carboxylic acids is 3. The van der Waals surface area contributed by atoms with E-state index in [1.54, 1.807) is 0 Å². The Morgan fingerprint density at radius 2 is 0.723 bits per heavy atom. The number of allylic oxidation sites excluding steroid dienone is 14. The van der Waals surface area contributed by atoms with Crippen LogP contribution in [0.1, 0.15) is 290 Å². The molecule has 1 aliphatic heterocycles. The van der Waals surface area contributed by atoms with Crippen molar-refractivity contribution >= 4 is 23.9 Å². The predicted octanol–water partition coefficient (Wildman–Crippen LogP) is 18.2. The van der Waals surface area contributed by atoms with E-state index >= 15 is 0 Å². The maximum absolute atomic E-state index is 13.2. The molecular weight excluding hydrogens is 1040 g/mol. The van der Waals surface area contributed by atoms with Crippen molar-refractivity contribution in [3.8, 4) is 0 Å². The molecule has 0 aromatic rings. The van der Waals surface area contributed by atoms with Crippen molar-refractivity contribution in [1.29, 1.82) is 0 Å². The van der Waals surface area contributed by atoms with Crippen LogP contribution in [0.4, 0.5) is 0 Å². The normalized spacial score (nSPS) is 18.1. The van der Waals surface area contributed by atoms with Gasteiger partial charge in [-0.25, -0.2) is 4.79 Å². The highest BCUT2D eigenvalue weighted by Crippen LogP contribution is 2.27. The molecule has 1 heterocycles. The van der Waals surface area contributed by atoms with Crippen molar-refractivity contribution in [3.63, 3.8) is 0 Å². The number of aliphatic hydroxyl groups excluding tert-OH is 2. The standard InChI is InChI=1S/C71H120O12/c1-4-7-10-13-16-19-22-25-28-30-32-34-37-39-42-45-48-51-54-57-63(72)79-60-62(81-64(73)58-55-52-49-46-43-41-38-35-33-31-29-26-23-20-17-14-11-8-5-2)61-80-71-69(67(76)66(75)68(83-71)70(77)78)82-65(74)59-56-53-50-47-44-40-36-27-24-21-18-15-12-9-6-3/h16-17,19-20,25-29,32-36,62,66-69,71,75-76H,4-15,18,21-24,30-31,37-61H2,1-3H3,(H,77,78)/b19-16-,20-17-,28-25-,29-26-,34-32-,35-33-,36-27-. The van der Waals surface area contributed by atoms with Gasteiger partial charge in [-0.15, -0.1) is 0 Å². The third-order valence-corrected chi connectivity index (χ3v) is 14.9. The summed E-state index contributed by atoms with van der Waals surface area (Å²) in [6.45, 7) is 5.94. The Morgan fingerprint density at radius 3 is 1.13 bits per heavy atom. The van der Waals surface area contributed by atoms with Crippen molar-refractivity contribution in [3.05, 3.63) is 85.1 Å². The lowest BCUT2D eigenvalue weighted by molar-refractivity contribution is -0.301. The second-order valence-electron chi connectivity index (χ2n) is 22.7. The van der Waals surface area contributed by atoms with E-state index in [9.17, 15) is 34.5 Å². The largest absolute Gasteiger partial charge is 0.479 e. The molecule has 0 radical (unpaired) electrons. The molecule has 0 amide bonds. The van der Waals surface area contributed by atoms with Gasteiger partial charge in [0.1, 0.15) is 18.8 Å². The van der Waals surface area contributed by atoms with Gasteiger partial charge in [-0.3, -0.25) is 14.4 Å². The quantitative estimate of drug-likeness (QED) is 0.0228. The monoisotopic (exact) mass is 1160 g/mol. The summed E-state index contributed by atoms with van der Waals surface area (Å²) in [7, 11) is 0. The van der Waals surface area contributed by atoms with Gasteiger partial charge in [-0.1, -0.05) is 234 Å². The van der Waals surface area contributed by atoms with Gasteiger partial charge in [0.15, 0.2) is 24.6 Å². The molecule has 0 aromatic carbocycles. The lowest BCUT2D eigenvalue weighted by Crippen LogP contribution is -2.61. The molecule has 12 nitrogen and oxygen atoms in total. The number of hydrogen-bond acceptors (Lipinski definition) is 11. The third-order valence-electron chi connectivity index (χ3n) is 14.9. The van der Waals surface area contributed by atoms with E-state index in [1.807, 2.05) is 0 Å². The summed E-state index contributed by atoms with van der Waals surface area (Å²) in [6, 6.07) is 0. The average molecular weight is 1170 g/mol. The number of aliphatic hydroxyl groups is 2.